The molecule has 0 spiro atoms. The number of esters is 2. The highest BCUT2D eigenvalue weighted by Gasteiger charge is 2.64. The minimum Gasteiger partial charge on any atom is -0.469 e. The minimum atomic E-state index is -0.500. The monoisotopic (exact) mass is 347 g/mol. The number of hydroxylamine groups is 2. The average molecular weight is 347 g/mol. The van der Waals surface area contributed by atoms with Crippen LogP contribution in [0.4, 0.5) is 0 Å². The molecule has 0 amide bonds. The van der Waals surface area contributed by atoms with Crippen LogP contribution in [-0.4, -0.2) is 43.9 Å². The largest absolute Gasteiger partial charge is 0.469 e. The summed E-state index contributed by atoms with van der Waals surface area (Å²) < 4.78 is 9.76. The van der Waals surface area contributed by atoms with Crippen LogP contribution in [-0.2, 0) is 24.6 Å². The topological polar surface area (TPSA) is 65.1 Å². The van der Waals surface area contributed by atoms with Gasteiger partial charge in [-0.15, -0.1) is 0 Å². The van der Waals surface area contributed by atoms with Crippen molar-refractivity contribution < 1.29 is 23.9 Å². The molecule has 6 nitrogen and oxygen atoms in total. The molecule has 0 unspecified atom stereocenters. The Morgan fingerprint density at radius 1 is 1.24 bits per heavy atom. The zero-order valence-corrected chi connectivity index (χ0v) is 15.0. The molecule has 0 N–H and O–H groups in total. The summed E-state index contributed by atoms with van der Waals surface area (Å²) in [5.74, 6) is -0.844. The fraction of sp³-hybridized carbons (Fsp3) is 0.579. The number of hydrogen-bond donors (Lipinski definition) is 0. The second-order valence-corrected chi connectivity index (χ2v) is 6.70. The Labute approximate surface area is 148 Å². The highest BCUT2D eigenvalue weighted by molar-refractivity contribution is 5.89. The van der Waals surface area contributed by atoms with E-state index in [0.29, 0.717) is 12.1 Å². The molecule has 2 aliphatic heterocycles. The number of benzene rings is 1. The van der Waals surface area contributed by atoms with E-state index in [0.717, 1.165) is 31.2 Å². The number of carbonyl (C=O) groups excluding carboxylic acids is 2. The highest BCUT2D eigenvalue weighted by atomic mass is 16.7. The first kappa shape index (κ1) is 17.9. The van der Waals surface area contributed by atoms with E-state index in [9.17, 15) is 9.59 Å². The van der Waals surface area contributed by atoms with Crippen LogP contribution in [0, 0.1) is 5.92 Å². The maximum absolute atomic E-state index is 12.3. The van der Waals surface area contributed by atoms with Crippen molar-refractivity contribution in [1.29, 1.82) is 0 Å². The predicted molar refractivity (Wildman–Crippen MR) is 90.7 cm³/mol. The van der Waals surface area contributed by atoms with Gasteiger partial charge in [0.15, 0.2) is 0 Å². The normalized spacial score (nSPS) is 28.1. The summed E-state index contributed by atoms with van der Waals surface area (Å²) in [6.45, 7) is 2.69. The van der Waals surface area contributed by atoms with E-state index in [1.54, 1.807) is 12.1 Å². The van der Waals surface area contributed by atoms with Crippen molar-refractivity contribution >= 4 is 11.9 Å². The Morgan fingerprint density at radius 2 is 1.96 bits per heavy atom. The third kappa shape index (κ3) is 2.93. The molecule has 25 heavy (non-hydrogen) atoms. The van der Waals surface area contributed by atoms with Gasteiger partial charge in [0.2, 0.25) is 0 Å². The summed E-state index contributed by atoms with van der Waals surface area (Å²) in [6.07, 6.45) is 4.04. The van der Waals surface area contributed by atoms with Crippen LogP contribution in [0.15, 0.2) is 24.3 Å². The molecule has 0 radical (unpaired) electrons. The van der Waals surface area contributed by atoms with E-state index in [4.69, 9.17) is 14.3 Å². The molecule has 6 heteroatoms. The Kier molecular flexibility index (Phi) is 5.11. The van der Waals surface area contributed by atoms with E-state index < -0.39 is 5.54 Å². The second kappa shape index (κ2) is 7.14. The smallest absolute Gasteiger partial charge is 0.337 e. The number of unbranched alkanes of at least 4 members (excludes halogenated alkanes) is 1. The number of nitrogens with zero attached hydrogens (tertiary/aromatic N) is 1. The maximum atomic E-state index is 12.3. The van der Waals surface area contributed by atoms with Gasteiger partial charge in [-0.2, -0.15) is 5.06 Å². The number of carbonyl (C=O) groups is 2. The van der Waals surface area contributed by atoms with Gasteiger partial charge in [-0.3, -0.25) is 9.63 Å². The first-order valence-electron chi connectivity index (χ1n) is 8.78. The minimum absolute atomic E-state index is 0.106. The predicted octanol–water partition coefficient (Wildman–Crippen LogP) is 2.67. The van der Waals surface area contributed by atoms with Crippen molar-refractivity contribution in [3.8, 4) is 0 Å². The quantitative estimate of drug-likeness (QED) is 0.737. The van der Waals surface area contributed by atoms with Crippen LogP contribution in [0.2, 0.25) is 0 Å². The maximum Gasteiger partial charge on any atom is 0.337 e. The Bertz CT molecular complexity index is 644. The lowest BCUT2D eigenvalue weighted by Gasteiger charge is -2.51. The zero-order chi connectivity index (χ0) is 18.0. The van der Waals surface area contributed by atoms with Crippen LogP contribution in [0.5, 0.6) is 0 Å². The van der Waals surface area contributed by atoms with E-state index in [1.807, 2.05) is 17.2 Å². The molecule has 2 aliphatic rings. The molecule has 3 rings (SSSR count). The highest BCUT2D eigenvalue weighted by Crippen LogP contribution is 2.54. The average Bonchev–Trinajstić information content (AvgIpc) is 2.92. The molecule has 2 saturated heterocycles. The summed E-state index contributed by atoms with van der Waals surface area (Å²) in [6, 6.07) is 7.25. The Morgan fingerprint density at radius 3 is 2.56 bits per heavy atom. The summed E-state index contributed by atoms with van der Waals surface area (Å²) in [7, 11) is 2.78. The van der Waals surface area contributed by atoms with Gasteiger partial charge in [0.25, 0.3) is 0 Å². The van der Waals surface area contributed by atoms with Crippen LogP contribution in [0.25, 0.3) is 0 Å². The molecule has 1 aromatic carbocycles. The third-order valence-electron chi connectivity index (χ3n) is 5.36. The molecule has 0 aromatic heterocycles. The van der Waals surface area contributed by atoms with Gasteiger partial charge in [0.05, 0.1) is 37.3 Å². The number of methoxy groups -OCH3 is 2. The first-order valence-corrected chi connectivity index (χ1v) is 8.78. The van der Waals surface area contributed by atoms with Crippen molar-refractivity contribution in [2.75, 3.05) is 20.8 Å². The van der Waals surface area contributed by atoms with E-state index in [-0.39, 0.29) is 24.0 Å². The first-order chi connectivity index (χ1) is 12.1. The van der Waals surface area contributed by atoms with Gasteiger partial charge in [0, 0.05) is 13.0 Å². The fourth-order valence-corrected chi connectivity index (χ4v) is 3.96. The molecule has 136 valence electrons. The SMILES string of the molecule is CCCC[C@@H]1C[C@@]2(c3ccc(C(=O)OC)cc3)[C@H](C(=O)OC)CN2O1. The molecule has 0 bridgehead atoms. The van der Waals surface area contributed by atoms with E-state index >= 15 is 0 Å². The number of fused-ring (bicyclic) bond motifs is 1. The number of hydrogen-bond acceptors (Lipinski definition) is 6. The van der Waals surface area contributed by atoms with Crippen molar-refractivity contribution in [2.45, 2.75) is 44.2 Å². The van der Waals surface area contributed by atoms with Crippen LogP contribution in [0.1, 0.15) is 48.5 Å². The molecule has 0 aliphatic carbocycles. The van der Waals surface area contributed by atoms with Crippen LogP contribution >= 0.6 is 0 Å². The van der Waals surface area contributed by atoms with Gasteiger partial charge in [-0.05, 0) is 24.1 Å². The lowest BCUT2D eigenvalue weighted by atomic mass is 9.68. The van der Waals surface area contributed by atoms with Gasteiger partial charge < -0.3 is 9.47 Å². The third-order valence-corrected chi connectivity index (χ3v) is 5.36. The van der Waals surface area contributed by atoms with Gasteiger partial charge in [-0.1, -0.05) is 31.9 Å². The number of ether oxygens (including phenoxy) is 2. The zero-order valence-electron chi connectivity index (χ0n) is 15.0. The number of rotatable bonds is 6. The molecule has 2 heterocycles. The Balaban J connectivity index is 1.89. The molecule has 0 saturated carbocycles. The summed E-state index contributed by atoms with van der Waals surface area (Å²) in [5, 5.41) is 1.92. The molecular formula is C19H25NO5. The summed E-state index contributed by atoms with van der Waals surface area (Å²) in [5.41, 5.74) is 0.963. The van der Waals surface area contributed by atoms with Crippen LogP contribution in [0.3, 0.4) is 0 Å². The lowest BCUT2D eigenvalue weighted by Crippen LogP contribution is -2.63. The summed E-state index contributed by atoms with van der Waals surface area (Å²) >= 11 is 0. The molecule has 1 aromatic rings. The van der Waals surface area contributed by atoms with E-state index in [2.05, 4.69) is 6.92 Å². The van der Waals surface area contributed by atoms with Crippen molar-refractivity contribution in [3.05, 3.63) is 35.4 Å². The lowest BCUT2D eigenvalue weighted by molar-refractivity contribution is -0.268. The second-order valence-electron chi connectivity index (χ2n) is 6.70. The molecule has 2 fully saturated rings. The Hall–Kier alpha value is -1.92. The van der Waals surface area contributed by atoms with Gasteiger partial charge >= 0.3 is 11.9 Å². The summed E-state index contributed by atoms with van der Waals surface area (Å²) in [4.78, 5) is 30.0. The van der Waals surface area contributed by atoms with Crippen molar-refractivity contribution in [2.24, 2.45) is 5.92 Å². The van der Waals surface area contributed by atoms with Gasteiger partial charge in [-0.25, -0.2) is 4.79 Å². The van der Waals surface area contributed by atoms with Crippen molar-refractivity contribution in [1.82, 2.24) is 5.06 Å². The van der Waals surface area contributed by atoms with Crippen LogP contribution < -0.4 is 0 Å². The fourth-order valence-electron chi connectivity index (χ4n) is 3.96. The van der Waals surface area contributed by atoms with Gasteiger partial charge in [0.1, 0.15) is 0 Å². The molecule has 3 atom stereocenters. The van der Waals surface area contributed by atoms with Crippen molar-refractivity contribution in [3.63, 3.8) is 0 Å². The van der Waals surface area contributed by atoms with E-state index in [1.165, 1.54) is 14.2 Å². The standard InChI is InChI=1S/C19H25NO5/c1-4-5-6-15-11-19(16(18(22)24-3)12-20(19)25-15)14-9-7-13(8-10-14)17(21)23-2/h7-10,15-16H,4-6,11-12H2,1-3H3/t15-,16+,19-/m1/s1. The molecular weight excluding hydrogens is 322 g/mol.